The van der Waals surface area contributed by atoms with Crippen LogP contribution in [0.4, 0.5) is 0 Å². The molecule has 1 nitrogen and oxygen atoms in total. The van der Waals surface area contributed by atoms with Gasteiger partial charge in [-0.2, -0.15) is 0 Å². The van der Waals surface area contributed by atoms with E-state index in [1.54, 1.807) is 11.8 Å². The minimum atomic E-state index is 0.196. The molecule has 0 spiro atoms. The molecule has 0 atom stereocenters. The lowest BCUT2D eigenvalue weighted by atomic mass is 9.87. The van der Waals surface area contributed by atoms with E-state index < -0.39 is 0 Å². The van der Waals surface area contributed by atoms with Gasteiger partial charge in [0.2, 0.25) is 0 Å². The Morgan fingerprint density at radius 1 is 1.00 bits per heavy atom. The molecule has 2 aromatic rings. The van der Waals surface area contributed by atoms with Gasteiger partial charge < -0.3 is 5.32 Å². The Hall–Kier alpha value is -0.960. The zero-order valence-electron chi connectivity index (χ0n) is 13.0. The van der Waals surface area contributed by atoms with Gasteiger partial charge in [-0.15, -0.1) is 0 Å². The lowest BCUT2D eigenvalue weighted by Crippen LogP contribution is -2.10. The minimum absolute atomic E-state index is 0.196. The van der Waals surface area contributed by atoms with Gasteiger partial charge in [-0.25, -0.2) is 0 Å². The van der Waals surface area contributed by atoms with Crippen LogP contribution in [0.2, 0.25) is 5.02 Å². The first-order valence-electron chi connectivity index (χ1n) is 7.11. The molecule has 0 heterocycles. The van der Waals surface area contributed by atoms with E-state index in [2.05, 4.69) is 62.5 Å². The topological polar surface area (TPSA) is 12.0 Å². The zero-order valence-corrected chi connectivity index (χ0v) is 14.6. The standard InChI is InChI=1S/C18H22ClNS/c1-18(2,3)14-6-9-15(10-7-14)21-16-8-5-13(12-20-4)17(19)11-16/h5-11,20H,12H2,1-4H3. The number of hydrogen-bond donors (Lipinski definition) is 1. The fourth-order valence-corrected chi connectivity index (χ4v) is 3.25. The molecule has 3 heteroatoms. The maximum Gasteiger partial charge on any atom is 0.0462 e. The van der Waals surface area contributed by atoms with Crippen LogP contribution in [0.25, 0.3) is 0 Å². The van der Waals surface area contributed by atoms with Crippen LogP contribution in [-0.4, -0.2) is 7.05 Å². The van der Waals surface area contributed by atoms with Crippen LogP contribution >= 0.6 is 23.4 Å². The summed E-state index contributed by atoms with van der Waals surface area (Å²) in [6.07, 6.45) is 0. The van der Waals surface area contributed by atoms with Gasteiger partial charge in [-0.3, -0.25) is 0 Å². The minimum Gasteiger partial charge on any atom is -0.316 e. The second-order valence-electron chi connectivity index (χ2n) is 6.16. The van der Waals surface area contributed by atoms with Crippen LogP contribution in [0.5, 0.6) is 0 Å². The molecule has 0 saturated heterocycles. The van der Waals surface area contributed by atoms with E-state index in [0.29, 0.717) is 0 Å². The summed E-state index contributed by atoms with van der Waals surface area (Å²) in [5.41, 5.74) is 2.68. The Labute approximate surface area is 137 Å². The average Bonchev–Trinajstić information content (AvgIpc) is 2.42. The van der Waals surface area contributed by atoms with E-state index in [1.165, 1.54) is 15.4 Å². The van der Waals surface area contributed by atoms with E-state index in [9.17, 15) is 0 Å². The molecule has 0 bridgehead atoms. The van der Waals surface area contributed by atoms with Gasteiger partial charge in [0.25, 0.3) is 0 Å². The third kappa shape index (κ3) is 4.50. The number of hydrogen-bond acceptors (Lipinski definition) is 2. The van der Waals surface area contributed by atoms with Crippen molar-refractivity contribution in [3.05, 3.63) is 58.6 Å². The molecule has 112 valence electrons. The molecule has 0 fully saturated rings. The first-order chi connectivity index (χ1) is 9.90. The van der Waals surface area contributed by atoms with E-state index >= 15 is 0 Å². The Bertz CT molecular complexity index is 600. The van der Waals surface area contributed by atoms with Gasteiger partial charge in [-0.1, -0.05) is 62.3 Å². The monoisotopic (exact) mass is 319 g/mol. The second-order valence-corrected chi connectivity index (χ2v) is 7.71. The van der Waals surface area contributed by atoms with Crippen molar-refractivity contribution in [3.63, 3.8) is 0 Å². The molecule has 0 aliphatic rings. The van der Waals surface area contributed by atoms with Crippen molar-refractivity contribution < 1.29 is 0 Å². The molecule has 21 heavy (non-hydrogen) atoms. The average molecular weight is 320 g/mol. The highest BCUT2D eigenvalue weighted by Gasteiger charge is 2.13. The van der Waals surface area contributed by atoms with E-state index in [4.69, 9.17) is 11.6 Å². The molecule has 2 aromatic carbocycles. The van der Waals surface area contributed by atoms with Crippen LogP contribution in [0.1, 0.15) is 31.9 Å². The Balaban J connectivity index is 2.13. The van der Waals surface area contributed by atoms with Crippen molar-refractivity contribution in [1.29, 1.82) is 0 Å². The van der Waals surface area contributed by atoms with Gasteiger partial charge in [0.1, 0.15) is 0 Å². The van der Waals surface area contributed by atoms with Gasteiger partial charge in [0.05, 0.1) is 0 Å². The fourth-order valence-electron chi connectivity index (χ4n) is 2.08. The molecule has 0 aliphatic heterocycles. The summed E-state index contributed by atoms with van der Waals surface area (Å²) in [6, 6.07) is 15.0. The van der Waals surface area contributed by atoms with Crippen LogP contribution in [0, 0.1) is 0 Å². The highest BCUT2D eigenvalue weighted by Crippen LogP contribution is 2.32. The maximum atomic E-state index is 6.31. The van der Waals surface area contributed by atoms with Crippen molar-refractivity contribution >= 4 is 23.4 Å². The van der Waals surface area contributed by atoms with Crippen molar-refractivity contribution in [2.45, 2.75) is 42.5 Å². The largest absolute Gasteiger partial charge is 0.316 e. The summed E-state index contributed by atoms with van der Waals surface area (Å²) in [5, 5.41) is 3.94. The molecular weight excluding hydrogens is 298 g/mol. The smallest absolute Gasteiger partial charge is 0.0462 e. The van der Waals surface area contributed by atoms with Gasteiger partial charge >= 0.3 is 0 Å². The fraction of sp³-hybridized carbons (Fsp3) is 0.333. The second kappa shape index (κ2) is 6.87. The van der Waals surface area contributed by atoms with Gasteiger partial charge in [-0.05, 0) is 47.9 Å². The van der Waals surface area contributed by atoms with Crippen molar-refractivity contribution in [2.75, 3.05) is 7.05 Å². The summed E-state index contributed by atoms with van der Waals surface area (Å²) in [7, 11) is 1.93. The lowest BCUT2D eigenvalue weighted by Gasteiger charge is -2.19. The molecule has 0 radical (unpaired) electrons. The number of rotatable bonds is 4. The van der Waals surface area contributed by atoms with Gasteiger partial charge in [0, 0.05) is 21.4 Å². The van der Waals surface area contributed by atoms with E-state index in [-0.39, 0.29) is 5.41 Å². The quantitative estimate of drug-likeness (QED) is 0.797. The normalized spacial score (nSPS) is 11.7. The van der Waals surface area contributed by atoms with Crippen LogP contribution in [-0.2, 0) is 12.0 Å². The third-order valence-corrected chi connectivity index (χ3v) is 4.70. The highest BCUT2D eigenvalue weighted by molar-refractivity contribution is 7.99. The molecule has 0 aromatic heterocycles. The predicted molar refractivity (Wildman–Crippen MR) is 93.5 cm³/mol. The van der Waals surface area contributed by atoms with E-state index in [1.807, 2.05) is 13.1 Å². The Morgan fingerprint density at radius 2 is 1.62 bits per heavy atom. The van der Waals surface area contributed by atoms with Crippen LogP contribution < -0.4 is 5.32 Å². The van der Waals surface area contributed by atoms with Crippen LogP contribution in [0.15, 0.2) is 52.3 Å². The van der Waals surface area contributed by atoms with Crippen molar-refractivity contribution in [2.24, 2.45) is 0 Å². The molecule has 0 amide bonds. The summed E-state index contributed by atoms with van der Waals surface area (Å²) in [6.45, 7) is 7.49. The van der Waals surface area contributed by atoms with Crippen molar-refractivity contribution in [1.82, 2.24) is 5.32 Å². The number of halogens is 1. The molecule has 0 aliphatic carbocycles. The maximum absolute atomic E-state index is 6.31. The van der Waals surface area contributed by atoms with E-state index in [0.717, 1.165) is 17.1 Å². The predicted octanol–water partition coefficient (Wildman–Crippen LogP) is 5.51. The van der Waals surface area contributed by atoms with Gasteiger partial charge in [0.15, 0.2) is 0 Å². The Kier molecular flexibility index (Phi) is 5.37. The van der Waals surface area contributed by atoms with Crippen LogP contribution in [0.3, 0.4) is 0 Å². The molecular formula is C18H22ClNS. The molecule has 0 unspecified atom stereocenters. The SMILES string of the molecule is CNCc1ccc(Sc2ccc(C(C)(C)C)cc2)cc1Cl. The highest BCUT2D eigenvalue weighted by atomic mass is 35.5. The molecule has 1 N–H and O–H groups in total. The van der Waals surface area contributed by atoms with Crippen molar-refractivity contribution in [3.8, 4) is 0 Å². The summed E-state index contributed by atoms with van der Waals surface area (Å²) in [5.74, 6) is 0. The Morgan fingerprint density at radius 3 is 2.14 bits per heavy atom. The summed E-state index contributed by atoms with van der Waals surface area (Å²) in [4.78, 5) is 2.41. The first kappa shape index (κ1) is 16.4. The number of benzene rings is 2. The molecule has 0 saturated carbocycles. The number of nitrogens with one attached hydrogen (secondary N) is 1. The third-order valence-electron chi connectivity index (χ3n) is 3.35. The first-order valence-corrected chi connectivity index (χ1v) is 8.31. The lowest BCUT2D eigenvalue weighted by molar-refractivity contribution is 0.590. The summed E-state index contributed by atoms with van der Waals surface area (Å²) < 4.78 is 0. The summed E-state index contributed by atoms with van der Waals surface area (Å²) >= 11 is 8.05. The zero-order chi connectivity index (χ0) is 15.5. The molecule has 2 rings (SSSR count).